The van der Waals surface area contributed by atoms with Gasteiger partial charge in [0.05, 0.1) is 0 Å². The minimum Gasteiger partial charge on any atom is -0.356 e. The Hall–Kier alpha value is -2.89. The highest BCUT2D eigenvalue weighted by Crippen LogP contribution is 2.12. The predicted octanol–water partition coefficient (Wildman–Crippen LogP) is 2.69. The zero-order valence-corrected chi connectivity index (χ0v) is 15.6. The van der Waals surface area contributed by atoms with E-state index in [1.54, 1.807) is 13.1 Å². The van der Waals surface area contributed by atoms with Crippen LogP contribution in [0.5, 0.6) is 0 Å². The Bertz CT molecular complexity index is 730. The number of aromatic nitrogens is 1. The zero-order chi connectivity index (χ0) is 18.8. The molecule has 2 rings (SSSR count). The van der Waals surface area contributed by atoms with Crippen LogP contribution >= 0.6 is 0 Å². The van der Waals surface area contributed by atoms with E-state index in [9.17, 15) is 4.79 Å². The molecular weight excluding hydrogens is 326 g/mol. The molecule has 0 aliphatic rings. The molecule has 0 saturated heterocycles. The van der Waals surface area contributed by atoms with Crippen molar-refractivity contribution in [2.75, 3.05) is 25.5 Å². The monoisotopic (exact) mass is 353 g/mol. The van der Waals surface area contributed by atoms with E-state index < -0.39 is 0 Å². The molecular formula is C20H27N5O. The molecule has 0 aliphatic carbocycles. The smallest absolute Gasteiger partial charge is 0.227 e. The number of amides is 1. The van der Waals surface area contributed by atoms with Crippen LogP contribution in [0.4, 0.5) is 5.82 Å². The molecule has 2 aromatic rings. The van der Waals surface area contributed by atoms with Gasteiger partial charge in [-0.1, -0.05) is 43.3 Å². The molecule has 1 atom stereocenters. The molecule has 0 aliphatic heterocycles. The Labute approximate surface area is 155 Å². The van der Waals surface area contributed by atoms with Gasteiger partial charge in [-0.05, 0) is 30.5 Å². The molecule has 0 radical (unpaired) electrons. The first kappa shape index (κ1) is 19.4. The number of rotatable bonds is 7. The van der Waals surface area contributed by atoms with E-state index in [0.717, 1.165) is 12.2 Å². The maximum absolute atomic E-state index is 12.0. The molecule has 1 unspecified atom stereocenters. The largest absolute Gasteiger partial charge is 0.356 e. The molecule has 0 spiro atoms. The summed E-state index contributed by atoms with van der Waals surface area (Å²) in [4.78, 5) is 20.5. The third-order valence-electron chi connectivity index (χ3n) is 3.97. The fraction of sp³-hybridized carbons (Fsp3) is 0.350. The van der Waals surface area contributed by atoms with Gasteiger partial charge in [0.1, 0.15) is 5.82 Å². The number of hydrogen-bond donors (Lipinski definition) is 3. The second kappa shape index (κ2) is 10.2. The van der Waals surface area contributed by atoms with Crippen LogP contribution in [0.3, 0.4) is 0 Å². The van der Waals surface area contributed by atoms with Crippen LogP contribution in [0.15, 0.2) is 53.5 Å². The normalized spacial score (nSPS) is 12.3. The lowest BCUT2D eigenvalue weighted by Gasteiger charge is -2.16. The van der Waals surface area contributed by atoms with Gasteiger partial charge in [0.25, 0.3) is 0 Å². The summed E-state index contributed by atoms with van der Waals surface area (Å²) in [5.41, 5.74) is 2.15. The lowest BCUT2D eigenvalue weighted by molar-refractivity contribution is -0.116. The molecule has 1 heterocycles. The Balaban J connectivity index is 1.70. The maximum atomic E-state index is 12.0. The molecule has 3 N–H and O–H groups in total. The van der Waals surface area contributed by atoms with Crippen LogP contribution < -0.4 is 16.0 Å². The van der Waals surface area contributed by atoms with Crippen molar-refractivity contribution in [3.63, 3.8) is 0 Å². The SMILES string of the molecule is CN=C(NCCC(=O)Nc1cccc(C)n1)NCC(C)c1ccccc1. The van der Waals surface area contributed by atoms with Crippen molar-refractivity contribution >= 4 is 17.7 Å². The van der Waals surface area contributed by atoms with Crippen molar-refractivity contribution in [2.24, 2.45) is 4.99 Å². The number of benzene rings is 1. The van der Waals surface area contributed by atoms with Crippen molar-refractivity contribution in [2.45, 2.75) is 26.2 Å². The minimum absolute atomic E-state index is 0.0799. The Morgan fingerprint density at radius 2 is 1.88 bits per heavy atom. The molecule has 1 aromatic carbocycles. The van der Waals surface area contributed by atoms with Gasteiger partial charge in [-0.3, -0.25) is 9.79 Å². The summed E-state index contributed by atoms with van der Waals surface area (Å²) in [5, 5.41) is 9.25. The average Bonchev–Trinajstić information content (AvgIpc) is 2.65. The summed E-state index contributed by atoms with van der Waals surface area (Å²) < 4.78 is 0. The van der Waals surface area contributed by atoms with Gasteiger partial charge in [-0.2, -0.15) is 0 Å². The Kier molecular flexibility index (Phi) is 7.61. The van der Waals surface area contributed by atoms with E-state index in [0.29, 0.717) is 30.7 Å². The molecule has 0 fully saturated rings. The molecule has 138 valence electrons. The standard InChI is InChI=1S/C20H27N5O/c1-15(17-9-5-4-6-10-17)14-23-20(21-3)22-13-12-19(26)25-18-11-7-8-16(2)24-18/h4-11,15H,12-14H2,1-3H3,(H2,21,22,23)(H,24,25,26). The molecule has 1 amide bonds. The summed E-state index contributed by atoms with van der Waals surface area (Å²) in [6, 6.07) is 15.9. The minimum atomic E-state index is -0.0799. The summed E-state index contributed by atoms with van der Waals surface area (Å²) in [5.74, 6) is 1.55. The number of carbonyl (C=O) groups excluding carboxylic acids is 1. The van der Waals surface area contributed by atoms with Crippen LogP contribution in [0.25, 0.3) is 0 Å². The van der Waals surface area contributed by atoms with Crippen LogP contribution in [-0.2, 0) is 4.79 Å². The van der Waals surface area contributed by atoms with Crippen LogP contribution in [-0.4, -0.2) is 37.0 Å². The third kappa shape index (κ3) is 6.55. The fourth-order valence-corrected chi connectivity index (χ4v) is 2.48. The van der Waals surface area contributed by atoms with Gasteiger partial charge in [0.15, 0.2) is 5.96 Å². The van der Waals surface area contributed by atoms with Crippen molar-refractivity contribution < 1.29 is 4.79 Å². The van der Waals surface area contributed by atoms with E-state index in [1.165, 1.54) is 5.56 Å². The van der Waals surface area contributed by atoms with E-state index in [2.05, 4.69) is 45.0 Å². The number of anilines is 1. The van der Waals surface area contributed by atoms with Crippen molar-refractivity contribution in [1.82, 2.24) is 15.6 Å². The summed E-state index contributed by atoms with van der Waals surface area (Å²) >= 11 is 0. The summed E-state index contributed by atoms with van der Waals surface area (Å²) in [6.45, 7) is 5.32. The topological polar surface area (TPSA) is 78.4 Å². The van der Waals surface area contributed by atoms with E-state index in [4.69, 9.17) is 0 Å². The highest BCUT2D eigenvalue weighted by molar-refractivity contribution is 5.90. The quantitative estimate of drug-likeness (QED) is 0.528. The van der Waals surface area contributed by atoms with Gasteiger partial charge >= 0.3 is 0 Å². The number of guanidine groups is 1. The van der Waals surface area contributed by atoms with Crippen molar-refractivity contribution in [3.05, 3.63) is 59.8 Å². The molecule has 0 saturated carbocycles. The molecule has 0 bridgehead atoms. The lowest BCUT2D eigenvalue weighted by Crippen LogP contribution is -2.40. The number of carbonyl (C=O) groups is 1. The van der Waals surface area contributed by atoms with Crippen LogP contribution in [0.1, 0.15) is 30.5 Å². The average molecular weight is 353 g/mol. The van der Waals surface area contributed by atoms with Crippen molar-refractivity contribution in [1.29, 1.82) is 0 Å². The van der Waals surface area contributed by atoms with E-state index in [1.807, 2.05) is 37.3 Å². The third-order valence-corrected chi connectivity index (χ3v) is 3.97. The first-order chi connectivity index (χ1) is 12.6. The van der Waals surface area contributed by atoms with Gasteiger partial charge < -0.3 is 16.0 Å². The maximum Gasteiger partial charge on any atom is 0.227 e. The van der Waals surface area contributed by atoms with Gasteiger partial charge in [0.2, 0.25) is 5.91 Å². The van der Waals surface area contributed by atoms with Gasteiger partial charge in [0, 0.05) is 32.3 Å². The number of hydrogen-bond acceptors (Lipinski definition) is 3. The predicted molar refractivity (Wildman–Crippen MR) is 106 cm³/mol. The Morgan fingerprint density at radius 1 is 1.12 bits per heavy atom. The molecule has 1 aromatic heterocycles. The highest BCUT2D eigenvalue weighted by Gasteiger charge is 2.07. The van der Waals surface area contributed by atoms with Crippen LogP contribution in [0, 0.1) is 6.92 Å². The number of nitrogens with zero attached hydrogens (tertiary/aromatic N) is 2. The molecule has 6 nitrogen and oxygen atoms in total. The summed E-state index contributed by atoms with van der Waals surface area (Å²) in [7, 11) is 1.72. The first-order valence-electron chi connectivity index (χ1n) is 8.81. The Morgan fingerprint density at radius 3 is 2.58 bits per heavy atom. The second-order valence-corrected chi connectivity index (χ2v) is 6.15. The number of aryl methyl sites for hydroxylation is 1. The highest BCUT2D eigenvalue weighted by atomic mass is 16.1. The summed E-state index contributed by atoms with van der Waals surface area (Å²) in [6.07, 6.45) is 0.338. The van der Waals surface area contributed by atoms with Gasteiger partial charge in [-0.15, -0.1) is 0 Å². The van der Waals surface area contributed by atoms with E-state index in [-0.39, 0.29) is 5.91 Å². The second-order valence-electron chi connectivity index (χ2n) is 6.15. The van der Waals surface area contributed by atoms with Crippen molar-refractivity contribution in [3.8, 4) is 0 Å². The van der Waals surface area contributed by atoms with Gasteiger partial charge in [-0.25, -0.2) is 4.98 Å². The fourth-order valence-electron chi connectivity index (χ4n) is 2.48. The van der Waals surface area contributed by atoms with Crippen LogP contribution in [0.2, 0.25) is 0 Å². The lowest BCUT2D eigenvalue weighted by atomic mass is 10.0. The first-order valence-corrected chi connectivity index (χ1v) is 8.81. The number of nitrogens with one attached hydrogen (secondary N) is 3. The molecule has 26 heavy (non-hydrogen) atoms. The van der Waals surface area contributed by atoms with E-state index >= 15 is 0 Å². The number of aliphatic imine (C=N–C) groups is 1. The molecule has 6 heteroatoms. The zero-order valence-electron chi connectivity index (χ0n) is 15.6. The number of pyridine rings is 1.